The van der Waals surface area contributed by atoms with E-state index in [1.165, 1.54) is 20.8 Å². The Morgan fingerprint density at radius 1 is 1.26 bits per heavy atom. The van der Waals surface area contributed by atoms with Crippen LogP contribution in [0.5, 0.6) is 0 Å². The van der Waals surface area contributed by atoms with Gasteiger partial charge in [-0.2, -0.15) is 0 Å². The third-order valence-corrected chi connectivity index (χ3v) is 5.17. The predicted octanol–water partition coefficient (Wildman–Crippen LogP) is 4.19. The van der Waals surface area contributed by atoms with Gasteiger partial charge >= 0.3 is 6.09 Å². The Bertz CT molecular complexity index is 685. The minimum absolute atomic E-state index is 0.210. The van der Waals surface area contributed by atoms with Crippen LogP contribution in [-0.4, -0.2) is 34.7 Å². The summed E-state index contributed by atoms with van der Waals surface area (Å²) < 4.78 is 6.76. The first kappa shape index (κ1) is 16.2. The van der Waals surface area contributed by atoms with Gasteiger partial charge in [-0.05, 0) is 63.3 Å². The summed E-state index contributed by atoms with van der Waals surface area (Å²) in [6, 6.07) is 4.47. The number of benzene rings is 1. The van der Waals surface area contributed by atoms with Crippen molar-refractivity contribution in [2.45, 2.75) is 52.6 Å². The zero-order chi connectivity index (χ0) is 16.6. The van der Waals surface area contributed by atoms with Gasteiger partial charge in [0, 0.05) is 13.1 Å². The second-order valence-corrected chi connectivity index (χ2v) is 8.13. The van der Waals surface area contributed by atoms with E-state index in [9.17, 15) is 4.79 Å². The topological polar surface area (TPSA) is 42.4 Å². The van der Waals surface area contributed by atoms with Crippen LogP contribution in [0, 0.1) is 0 Å². The number of rotatable bonds is 1. The number of nitrogens with zero attached hydrogens (tertiary/aromatic N) is 2. The fraction of sp³-hybridized carbons (Fsp3) is 0.556. The van der Waals surface area contributed by atoms with Crippen LogP contribution in [0.2, 0.25) is 0 Å². The number of carbonyl (C=O) groups is 1. The highest BCUT2D eigenvalue weighted by Crippen LogP contribution is 2.28. The van der Waals surface area contributed by atoms with E-state index in [1.54, 1.807) is 11.3 Å². The number of fused-ring (bicyclic) bond motifs is 2. The average molecular weight is 332 g/mol. The summed E-state index contributed by atoms with van der Waals surface area (Å²) in [6.07, 6.45) is 2.52. The molecule has 1 aromatic carbocycles. The van der Waals surface area contributed by atoms with Crippen LogP contribution in [0.25, 0.3) is 10.2 Å². The van der Waals surface area contributed by atoms with E-state index in [2.05, 4.69) is 24.0 Å². The van der Waals surface area contributed by atoms with Crippen molar-refractivity contribution >= 4 is 27.6 Å². The van der Waals surface area contributed by atoms with E-state index in [-0.39, 0.29) is 6.09 Å². The summed E-state index contributed by atoms with van der Waals surface area (Å²) in [5.41, 5.74) is 3.31. The lowest BCUT2D eigenvalue weighted by Gasteiger charge is -2.26. The maximum Gasteiger partial charge on any atom is 0.410 e. The van der Waals surface area contributed by atoms with E-state index >= 15 is 0 Å². The zero-order valence-corrected chi connectivity index (χ0v) is 15.1. The quantitative estimate of drug-likeness (QED) is 0.786. The number of aryl methyl sites for hydroxylation is 1. The number of hydrogen-bond donors (Lipinski definition) is 0. The second-order valence-electron chi connectivity index (χ2n) is 7.02. The molecule has 23 heavy (non-hydrogen) atoms. The molecule has 0 spiro atoms. The Balaban J connectivity index is 1.79. The van der Waals surface area contributed by atoms with E-state index < -0.39 is 5.60 Å². The first-order valence-corrected chi connectivity index (χ1v) is 9.06. The van der Waals surface area contributed by atoms with Crippen molar-refractivity contribution in [2.24, 2.45) is 0 Å². The number of amides is 1. The normalized spacial score (nSPS) is 15.4. The maximum atomic E-state index is 12.3. The third kappa shape index (κ3) is 3.66. The molecule has 0 saturated heterocycles. The smallest absolute Gasteiger partial charge is 0.410 e. The average Bonchev–Trinajstić information content (AvgIpc) is 2.74. The molecule has 0 atom stereocenters. The summed E-state index contributed by atoms with van der Waals surface area (Å²) >= 11 is 1.78. The summed E-state index contributed by atoms with van der Waals surface area (Å²) in [5, 5.41) is 1.19. The molecule has 0 fully saturated rings. The first-order chi connectivity index (χ1) is 10.9. The van der Waals surface area contributed by atoms with Crippen molar-refractivity contribution in [1.82, 2.24) is 9.88 Å². The largest absolute Gasteiger partial charge is 0.444 e. The molecule has 1 aliphatic heterocycles. The molecule has 3 rings (SSSR count). The maximum absolute atomic E-state index is 12.3. The lowest BCUT2D eigenvalue weighted by molar-refractivity contribution is 0.0258. The zero-order valence-electron chi connectivity index (χ0n) is 14.3. The van der Waals surface area contributed by atoms with Crippen LogP contribution in [0.4, 0.5) is 4.79 Å². The predicted molar refractivity (Wildman–Crippen MR) is 94.2 cm³/mol. The van der Waals surface area contributed by atoms with Crippen LogP contribution in [0.1, 0.15) is 43.8 Å². The Morgan fingerprint density at radius 2 is 1.91 bits per heavy atom. The Morgan fingerprint density at radius 3 is 2.52 bits per heavy atom. The molecule has 2 aromatic rings. The van der Waals surface area contributed by atoms with Gasteiger partial charge in [0.05, 0.1) is 15.2 Å². The molecule has 5 heteroatoms. The third-order valence-electron chi connectivity index (χ3n) is 4.01. The van der Waals surface area contributed by atoms with Gasteiger partial charge in [0.25, 0.3) is 0 Å². The van der Waals surface area contributed by atoms with Crippen LogP contribution < -0.4 is 0 Å². The first-order valence-electron chi connectivity index (χ1n) is 8.25. The van der Waals surface area contributed by atoms with Crippen molar-refractivity contribution in [3.8, 4) is 0 Å². The van der Waals surface area contributed by atoms with Gasteiger partial charge in [0.1, 0.15) is 5.60 Å². The molecule has 0 unspecified atom stereocenters. The van der Waals surface area contributed by atoms with E-state index in [0.29, 0.717) is 13.1 Å². The highest BCUT2D eigenvalue weighted by atomic mass is 32.1. The molecular formula is C18H24N2O2S. The molecule has 2 heterocycles. The van der Waals surface area contributed by atoms with E-state index in [1.807, 2.05) is 25.7 Å². The minimum atomic E-state index is -0.445. The fourth-order valence-electron chi connectivity index (χ4n) is 2.86. The molecular weight excluding hydrogens is 308 g/mol. The Labute approximate surface area is 141 Å². The van der Waals surface area contributed by atoms with Gasteiger partial charge in [0.15, 0.2) is 0 Å². The molecule has 4 nitrogen and oxygen atoms in total. The molecule has 1 aliphatic rings. The molecule has 124 valence electrons. The fourth-order valence-corrected chi connectivity index (χ4v) is 3.81. The van der Waals surface area contributed by atoms with Gasteiger partial charge in [-0.15, -0.1) is 11.3 Å². The van der Waals surface area contributed by atoms with Gasteiger partial charge in [-0.25, -0.2) is 9.78 Å². The Hall–Kier alpha value is -1.62. The SMILES string of the molecule is CCc1nc2cc3c(cc2s1)CCN(C(=O)OC(C)(C)C)CC3. The molecule has 0 bridgehead atoms. The molecule has 1 amide bonds. The lowest BCUT2D eigenvalue weighted by atomic mass is 10.0. The van der Waals surface area contributed by atoms with E-state index in [0.717, 1.165) is 24.8 Å². The number of thiazole rings is 1. The lowest BCUT2D eigenvalue weighted by Crippen LogP contribution is -2.38. The minimum Gasteiger partial charge on any atom is -0.444 e. The van der Waals surface area contributed by atoms with Gasteiger partial charge in [-0.3, -0.25) is 0 Å². The van der Waals surface area contributed by atoms with Crippen LogP contribution in [0.3, 0.4) is 0 Å². The van der Waals surface area contributed by atoms with Crippen LogP contribution >= 0.6 is 11.3 Å². The van der Waals surface area contributed by atoms with Crippen LogP contribution in [0.15, 0.2) is 12.1 Å². The standard InChI is InChI=1S/C18H24N2O2S/c1-5-16-19-14-10-12-6-8-20(17(21)22-18(2,3)4)9-7-13(12)11-15(14)23-16/h10-11H,5-9H2,1-4H3. The van der Waals surface area contributed by atoms with Crippen molar-refractivity contribution < 1.29 is 9.53 Å². The van der Waals surface area contributed by atoms with Gasteiger partial charge in [0.2, 0.25) is 0 Å². The van der Waals surface area contributed by atoms with Crippen LogP contribution in [-0.2, 0) is 24.0 Å². The Kier molecular flexibility index (Phi) is 4.32. The number of aromatic nitrogens is 1. The molecule has 0 N–H and O–H groups in total. The van der Waals surface area contributed by atoms with E-state index in [4.69, 9.17) is 4.74 Å². The number of ether oxygens (including phenoxy) is 1. The molecule has 0 radical (unpaired) electrons. The molecule has 0 aliphatic carbocycles. The summed E-state index contributed by atoms with van der Waals surface area (Å²) in [5.74, 6) is 0. The summed E-state index contributed by atoms with van der Waals surface area (Å²) in [7, 11) is 0. The highest BCUT2D eigenvalue weighted by molar-refractivity contribution is 7.18. The summed E-state index contributed by atoms with van der Waals surface area (Å²) in [4.78, 5) is 18.8. The van der Waals surface area contributed by atoms with Crippen molar-refractivity contribution in [2.75, 3.05) is 13.1 Å². The van der Waals surface area contributed by atoms with Crippen molar-refractivity contribution in [1.29, 1.82) is 0 Å². The number of hydrogen-bond acceptors (Lipinski definition) is 4. The summed E-state index contributed by atoms with van der Waals surface area (Å²) in [6.45, 7) is 9.28. The second kappa shape index (κ2) is 6.11. The van der Waals surface area contributed by atoms with Gasteiger partial charge < -0.3 is 9.64 Å². The van der Waals surface area contributed by atoms with Crippen molar-refractivity contribution in [3.05, 3.63) is 28.3 Å². The number of carbonyl (C=O) groups excluding carboxylic acids is 1. The molecule has 1 aromatic heterocycles. The molecule has 0 saturated carbocycles. The van der Waals surface area contributed by atoms with Crippen molar-refractivity contribution in [3.63, 3.8) is 0 Å². The highest BCUT2D eigenvalue weighted by Gasteiger charge is 2.24. The monoisotopic (exact) mass is 332 g/mol. The van der Waals surface area contributed by atoms with Gasteiger partial charge in [-0.1, -0.05) is 6.92 Å².